The maximum Gasteiger partial charge on any atom is 0.0168 e. The van der Waals surface area contributed by atoms with Gasteiger partial charge in [0.05, 0.1) is 0 Å². The molecule has 0 saturated heterocycles. The maximum absolute atomic E-state index is 6.31. The van der Waals surface area contributed by atoms with Gasteiger partial charge in [-0.15, -0.1) is 0 Å². The van der Waals surface area contributed by atoms with E-state index in [0.29, 0.717) is 5.92 Å². The van der Waals surface area contributed by atoms with Crippen LogP contribution < -0.4 is 11.5 Å². The van der Waals surface area contributed by atoms with Crippen molar-refractivity contribution in [2.75, 3.05) is 0 Å². The second-order valence-electron chi connectivity index (χ2n) is 5.02. The van der Waals surface area contributed by atoms with Crippen molar-refractivity contribution in [3.05, 3.63) is 0 Å². The van der Waals surface area contributed by atoms with Crippen molar-refractivity contribution in [1.29, 1.82) is 0 Å². The Hall–Kier alpha value is -0.0800. The van der Waals surface area contributed by atoms with Crippen LogP contribution in [0.5, 0.6) is 0 Å². The number of rotatable bonds is 3. The molecule has 2 nitrogen and oxygen atoms in total. The fourth-order valence-corrected chi connectivity index (χ4v) is 2.62. The van der Waals surface area contributed by atoms with Crippen LogP contribution in [-0.4, -0.2) is 11.6 Å². The molecule has 2 heteroatoms. The average molecular weight is 184 g/mol. The molecule has 1 unspecified atom stereocenters. The first-order valence-corrected chi connectivity index (χ1v) is 5.57. The van der Waals surface area contributed by atoms with Gasteiger partial charge in [0.15, 0.2) is 0 Å². The number of hydrogen-bond acceptors (Lipinski definition) is 2. The summed E-state index contributed by atoms with van der Waals surface area (Å²) in [5, 5.41) is 0. The molecular weight excluding hydrogens is 160 g/mol. The van der Waals surface area contributed by atoms with Crippen molar-refractivity contribution in [3.63, 3.8) is 0 Å². The van der Waals surface area contributed by atoms with Gasteiger partial charge in [0.1, 0.15) is 0 Å². The molecule has 78 valence electrons. The van der Waals surface area contributed by atoms with Crippen molar-refractivity contribution >= 4 is 0 Å². The van der Waals surface area contributed by atoms with Crippen LogP contribution in [0.3, 0.4) is 0 Å². The molecule has 0 spiro atoms. The van der Waals surface area contributed by atoms with Crippen molar-refractivity contribution in [2.45, 2.75) is 64.0 Å². The van der Waals surface area contributed by atoms with E-state index in [9.17, 15) is 0 Å². The van der Waals surface area contributed by atoms with Crippen LogP contribution >= 0.6 is 0 Å². The molecule has 0 aliphatic heterocycles. The highest BCUT2D eigenvalue weighted by Crippen LogP contribution is 2.33. The minimum absolute atomic E-state index is 0.0331. The Bertz CT molecular complexity index is 146. The van der Waals surface area contributed by atoms with E-state index in [1.165, 1.54) is 32.1 Å². The first kappa shape index (κ1) is 11.0. The first-order valence-electron chi connectivity index (χ1n) is 5.57. The molecule has 0 aromatic rings. The fraction of sp³-hybridized carbons (Fsp3) is 1.00. The van der Waals surface area contributed by atoms with Gasteiger partial charge in [-0.05, 0) is 39.0 Å². The van der Waals surface area contributed by atoms with Crippen molar-refractivity contribution in [1.82, 2.24) is 0 Å². The Morgan fingerprint density at radius 3 is 2.31 bits per heavy atom. The quantitative estimate of drug-likeness (QED) is 0.705. The topological polar surface area (TPSA) is 52.0 Å². The molecule has 2 atom stereocenters. The molecule has 1 aliphatic rings. The van der Waals surface area contributed by atoms with Gasteiger partial charge in [-0.1, -0.05) is 19.3 Å². The summed E-state index contributed by atoms with van der Waals surface area (Å²) < 4.78 is 0. The van der Waals surface area contributed by atoms with Gasteiger partial charge < -0.3 is 11.5 Å². The van der Waals surface area contributed by atoms with Crippen LogP contribution in [0.1, 0.15) is 52.4 Å². The molecule has 1 rings (SSSR count). The molecule has 0 aromatic carbocycles. The lowest BCUT2D eigenvalue weighted by molar-refractivity contribution is 0.203. The molecule has 0 aromatic heterocycles. The molecule has 0 radical (unpaired) electrons. The predicted molar refractivity (Wildman–Crippen MR) is 57.4 cm³/mol. The Kier molecular flexibility index (Phi) is 3.74. The monoisotopic (exact) mass is 184 g/mol. The highest BCUT2D eigenvalue weighted by molar-refractivity contribution is 4.90. The standard InChI is InChI=1S/C11H24N2/c1-9(12)8-11(2,13)10-6-4-3-5-7-10/h9-10H,3-8,12-13H2,1-2H3/t9-,11?/m1/s1. The fourth-order valence-electron chi connectivity index (χ4n) is 2.62. The Morgan fingerprint density at radius 1 is 1.31 bits per heavy atom. The molecule has 0 amide bonds. The van der Waals surface area contributed by atoms with Crippen molar-refractivity contribution in [3.8, 4) is 0 Å². The predicted octanol–water partition coefficient (Wildman–Crippen LogP) is 2.02. The minimum atomic E-state index is -0.0331. The second-order valence-corrected chi connectivity index (χ2v) is 5.02. The van der Waals surface area contributed by atoms with E-state index in [1.807, 2.05) is 6.92 Å². The zero-order valence-corrected chi connectivity index (χ0v) is 9.05. The Labute approximate surface area is 82.1 Å². The Balaban J connectivity index is 2.45. The summed E-state index contributed by atoms with van der Waals surface area (Å²) >= 11 is 0. The maximum atomic E-state index is 6.31. The van der Waals surface area contributed by atoms with Gasteiger partial charge in [-0.2, -0.15) is 0 Å². The van der Waals surface area contributed by atoms with Gasteiger partial charge in [-0.3, -0.25) is 0 Å². The zero-order chi connectivity index (χ0) is 9.90. The van der Waals surface area contributed by atoms with E-state index in [4.69, 9.17) is 11.5 Å². The van der Waals surface area contributed by atoms with Gasteiger partial charge >= 0.3 is 0 Å². The highest BCUT2D eigenvalue weighted by Gasteiger charge is 2.31. The second kappa shape index (κ2) is 4.43. The minimum Gasteiger partial charge on any atom is -0.328 e. The normalized spacial score (nSPS) is 26.8. The average Bonchev–Trinajstić information content (AvgIpc) is 2.04. The lowest BCUT2D eigenvalue weighted by Gasteiger charge is -2.38. The zero-order valence-electron chi connectivity index (χ0n) is 9.05. The summed E-state index contributed by atoms with van der Waals surface area (Å²) in [5.41, 5.74) is 12.1. The molecule has 13 heavy (non-hydrogen) atoms. The molecule has 4 N–H and O–H groups in total. The molecule has 0 bridgehead atoms. The third-order valence-electron chi connectivity index (χ3n) is 3.30. The lowest BCUT2D eigenvalue weighted by Crippen LogP contribution is -2.48. The van der Waals surface area contributed by atoms with Gasteiger partial charge in [0.25, 0.3) is 0 Å². The van der Waals surface area contributed by atoms with Crippen LogP contribution in [0.15, 0.2) is 0 Å². The number of hydrogen-bond donors (Lipinski definition) is 2. The van der Waals surface area contributed by atoms with Crippen molar-refractivity contribution in [2.24, 2.45) is 17.4 Å². The van der Waals surface area contributed by atoms with Gasteiger partial charge in [0, 0.05) is 11.6 Å². The summed E-state index contributed by atoms with van der Waals surface area (Å²) in [6.45, 7) is 4.22. The summed E-state index contributed by atoms with van der Waals surface area (Å²) in [6, 6.07) is 0.233. The Morgan fingerprint density at radius 2 is 1.85 bits per heavy atom. The van der Waals surface area contributed by atoms with Crippen LogP contribution in [0.25, 0.3) is 0 Å². The van der Waals surface area contributed by atoms with Crippen LogP contribution in [-0.2, 0) is 0 Å². The van der Waals surface area contributed by atoms with E-state index in [2.05, 4.69) is 6.92 Å². The molecule has 1 fully saturated rings. The smallest absolute Gasteiger partial charge is 0.0168 e. The molecule has 0 heterocycles. The summed E-state index contributed by atoms with van der Waals surface area (Å²) in [6.07, 6.45) is 7.68. The van der Waals surface area contributed by atoms with E-state index < -0.39 is 0 Å². The van der Waals surface area contributed by atoms with E-state index >= 15 is 0 Å². The van der Waals surface area contributed by atoms with E-state index in [0.717, 1.165) is 6.42 Å². The largest absolute Gasteiger partial charge is 0.328 e. The third-order valence-corrected chi connectivity index (χ3v) is 3.30. The molecular formula is C11H24N2. The van der Waals surface area contributed by atoms with Gasteiger partial charge in [0.2, 0.25) is 0 Å². The summed E-state index contributed by atoms with van der Waals surface area (Å²) in [7, 11) is 0. The number of nitrogens with two attached hydrogens (primary N) is 2. The molecule has 1 aliphatic carbocycles. The van der Waals surface area contributed by atoms with Crippen LogP contribution in [0.2, 0.25) is 0 Å². The molecule has 1 saturated carbocycles. The van der Waals surface area contributed by atoms with E-state index in [1.54, 1.807) is 0 Å². The summed E-state index contributed by atoms with van der Waals surface area (Å²) in [5.74, 6) is 0.701. The highest BCUT2D eigenvalue weighted by atomic mass is 14.8. The summed E-state index contributed by atoms with van der Waals surface area (Å²) in [4.78, 5) is 0. The van der Waals surface area contributed by atoms with Gasteiger partial charge in [-0.25, -0.2) is 0 Å². The van der Waals surface area contributed by atoms with E-state index in [-0.39, 0.29) is 11.6 Å². The first-order chi connectivity index (χ1) is 6.02. The van der Waals surface area contributed by atoms with Crippen LogP contribution in [0, 0.1) is 5.92 Å². The third kappa shape index (κ3) is 3.28. The van der Waals surface area contributed by atoms with Crippen LogP contribution in [0.4, 0.5) is 0 Å². The SMILES string of the molecule is C[C@@H](N)CC(C)(N)C1CCCCC1. The lowest BCUT2D eigenvalue weighted by atomic mass is 9.73. The van der Waals surface area contributed by atoms with Crippen molar-refractivity contribution < 1.29 is 0 Å².